The summed E-state index contributed by atoms with van der Waals surface area (Å²) in [5, 5.41) is 8.21. The number of aromatic nitrogens is 4. The molecule has 0 saturated carbocycles. The van der Waals surface area contributed by atoms with Crippen LogP contribution >= 0.6 is 22.7 Å². The Morgan fingerprint density at radius 1 is 1.18 bits per heavy atom. The summed E-state index contributed by atoms with van der Waals surface area (Å²) in [5.74, 6) is -0.894. The second-order valence-electron chi connectivity index (χ2n) is 7.07. The van der Waals surface area contributed by atoms with E-state index in [4.69, 9.17) is 4.74 Å². The van der Waals surface area contributed by atoms with E-state index < -0.39 is 0 Å². The summed E-state index contributed by atoms with van der Waals surface area (Å²) in [7, 11) is 0. The number of nitrogens with one attached hydrogen (secondary N) is 2. The predicted molar refractivity (Wildman–Crippen MR) is 122 cm³/mol. The minimum Gasteiger partial charge on any atom is -0.466 e. The van der Waals surface area contributed by atoms with Gasteiger partial charge in [0.1, 0.15) is 5.69 Å². The zero-order valence-electron chi connectivity index (χ0n) is 17.7. The highest BCUT2D eigenvalue weighted by atomic mass is 32.1. The molecule has 0 radical (unpaired) electrons. The van der Waals surface area contributed by atoms with Gasteiger partial charge in [0, 0.05) is 42.2 Å². The van der Waals surface area contributed by atoms with Gasteiger partial charge in [-0.2, -0.15) is 0 Å². The third kappa shape index (κ3) is 6.15. The lowest BCUT2D eigenvalue weighted by atomic mass is 10.2. The highest BCUT2D eigenvalue weighted by molar-refractivity contribution is 7.16. The van der Waals surface area contributed by atoms with Crippen LogP contribution in [0.15, 0.2) is 24.0 Å². The molecule has 0 aliphatic carbocycles. The molecule has 1 aliphatic rings. The number of esters is 1. The molecule has 0 saturated heterocycles. The lowest BCUT2D eigenvalue weighted by Gasteiger charge is -2.24. The summed E-state index contributed by atoms with van der Waals surface area (Å²) < 4.78 is 4.91. The van der Waals surface area contributed by atoms with Crippen LogP contribution in [0.1, 0.15) is 33.7 Å². The van der Waals surface area contributed by atoms with Crippen LogP contribution in [0.5, 0.6) is 0 Å². The first kappa shape index (κ1) is 22.9. The number of hydrogen-bond donors (Lipinski definition) is 2. The summed E-state index contributed by atoms with van der Waals surface area (Å²) in [6, 6.07) is 0. The Labute approximate surface area is 197 Å². The van der Waals surface area contributed by atoms with Crippen molar-refractivity contribution in [1.29, 1.82) is 0 Å². The molecule has 13 heteroatoms. The first-order valence-corrected chi connectivity index (χ1v) is 11.9. The van der Waals surface area contributed by atoms with Gasteiger partial charge in [0.15, 0.2) is 10.3 Å². The van der Waals surface area contributed by atoms with Crippen LogP contribution in [0.3, 0.4) is 0 Å². The van der Waals surface area contributed by atoms with Crippen LogP contribution in [-0.2, 0) is 33.7 Å². The van der Waals surface area contributed by atoms with E-state index in [-0.39, 0.29) is 36.4 Å². The Bertz CT molecular complexity index is 1150. The number of anilines is 2. The monoisotopic (exact) mass is 487 g/mol. The molecule has 0 fully saturated rings. The van der Waals surface area contributed by atoms with Crippen molar-refractivity contribution in [3.05, 3.63) is 45.9 Å². The first-order valence-electron chi connectivity index (χ1n) is 10.2. The normalized spacial score (nSPS) is 13.2. The van der Waals surface area contributed by atoms with Gasteiger partial charge in [-0.1, -0.05) is 0 Å². The van der Waals surface area contributed by atoms with Crippen LogP contribution < -0.4 is 10.6 Å². The van der Waals surface area contributed by atoms with Crippen molar-refractivity contribution in [3.8, 4) is 0 Å². The second-order valence-corrected chi connectivity index (χ2v) is 9.01. The van der Waals surface area contributed by atoms with E-state index in [1.165, 1.54) is 41.3 Å². The standard InChI is InChI=1S/C20H21N7O4S2/c1-2-31-17(29)7-12-11-32-19(23-12)25-16(28)10-27-6-3-13-15(9-27)33-20(24-13)26-18(30)14-8-21-4-5-22-14/h4-5,8,11H,2-3,6-7,9-10H2,1H3,(H,23,25,28)(H,24,26,30). The molecule has 3 aromatic rings. The van der Waals surface area contributed by atoms with Gasteiger partial charge in [0.25, 0.3) is 5.91 Å². The van der Waals surface area contributed by atoms with E-state index in [0.29, 0.717) is 42.1 Å². The molecule has 0 unspecified atom stereocenters. The van der Waals surface area contributed by atoms with Crippen molar-refractivity contribution in [2.45, 2.75) is 26.3 Å². The third-order valence-corrected chi connectivity index (χ3v) is 6.43. The van der Waals surface area contributed by atoms with Crippen LogP contribution in [0.25, 0.3) is 0 Å². The van der Waals surface area contributed by atoms with Gasteiger partial charge in [-0.05, 0) is 6.92 Å². The van der Waals surface area contributed by atoms with E-state index in [2.05, 4.69) is 30.6 Å². The molecule has 3 aromatic heterocycles. The summed E-state index contributed by atoms with van der Waals surface area (Å²) >= 11 is 2.66. The maximum atomic E-state index is 12.5. The SMILES string of the molecule is CCOC(=O)Cc1csc(NC(=O)CN2CCc3nc(NC(=O)c4cnccn4)sc3C2)n1. The summed E-state index contributed by atoms with van der Waals surface area (Å²) in [6.45, 7) is 3.50. The number of ether oxygens (including phenoxy) is 1. The lowest BCUT2D eigenvalue weighted by molar-refractivity contribution is -0.142. The smallest absolute Gasteiger partial charge is 0.311 e. The lowest BCUT2D eigenvalue weighted by Crippen LogP contribution is -2.36. The first-order chi connectivity index (χ1) is 16.0. The third-order valence-electron chi connectivity index (χ3n) is 4.62. The van der Waals surface area contributed by atoms with Crippen molar-refractivity contribution in [3.63, 3.8) is 0 Å². The quantitative estimate of drug-likeness (QED) is 0.455. The van der Waals surface area contributed by atoms with Crippen LogP contribution in [0.4, 0.5) is 10.3 Å². The number of rotatable bonds is 8. The summed E-state index contributed by atoms with van der Waals surface area (Å²) in [6.07, 6.45) is 5.11. The molecule has 33 heavy (non-hydrogen) atoms. The van der Waals surface area contributed by atoms with Gasteiger partial charge < -0.3 is 10.1 Å². The molecule has 0 atom stereocenters. The van der Waals surface area contributed by atoms with Crippen LogP contribution in [0.2, 0.25) is 0 Å². The molecule has 2 N–H and O–H groups in total. The second kappa shape index (κ2) is 10.6. The van der Waals surface area contributed by atoms with E-state index in [1.54, 1.807) is 12.3 Å². The van der Waals surface area contributed by atoms with Crippen molar-refractivity contribution < 1.29 is 19.1 Å². The van der Waals surface area contributed by atoms with Gasteiger partial charge in [-0.15, -0.1) is 22.7 Å². The number of amides is 2. The van der Waals surface area contributed by atoms with Crippen molar-refractivity contribution in [2.24, 2.45) is 0 Å². The molecule has 0 spiro atoms. The molecule has 2 amide bonds. The van der Waals surface area contributed by atoms with Gasteiger partial charge in [0.2, 0.25) is 5.91 Å². The molecule has 1 aliphatic heterocycles. The largest absolute Gasteiger partial charge is 0.466 e. The van der Waals surface area contributed by atoms with Gasteiger partial charge in [0.05, 0.1) is 37.2 Å². The highest BCUT2D eigenvalue weighted by Gasteiger charge is 2.23. The highest BCUT2D eigenvalue weighted by Crippen LogP contribution is 2.28. The van der Waals surface area contributed by atoms with Gasteiger partial charge in [-0.25, -0.2) is 15.0 Å². The maximum absolute atomic E-state index is 12.5. The molecule has 4 heterocycles. The molecule has 172 valence electrons. The number of carbonyl (C=O) groups is 3. The van der Waals surface area contributed by atoms with E-state index in [1.807, 2.05) is 4.90 Å². The fourth-order valence-corrected chi connectivity index (χ4v) is 4.95. The Morgan fingerprint density at radius 3 is 2.85 bits per heavy atom. The predicted octanol–water partition coefficient (Wildman–Crippen LogP) is 1.74. The molecule has 4 rings (SSSR count). The molecular formula is C20H21N7O4S2. The maximum Gasteiger partial charge on any atom is 0.311 e. The average Bonchev–Trinajstić information content (AvgIpc) is 3.40. The van der Waals surface area contributed by atoms with E-state index in [0.717, 1.165) is 10.6 Å². The van der Waals surface area contributed by atoms with Crippen molar-refractivity contribution in [1.82, 2.24) is 24.8 Å². The Morgan fingerprint density at radius 2 is 2.06 bits per heavy atom. The molecular weight excluding hydrogens is 466 g/mol. The summed E-state index contributed by atoms with van der Waals surface area (Å²) in [4.78, 5) is 56.0. The molecule has 11 nitrogen and oxygen atoms in total. The minimum atomic E-state index is -0.365. The Kier molecular flexibility index (Phi) is 7.32. The van der Waals surface area contributed by atoms with Crippen LogP contribution in [0, 0.1) is 0 Å². The zero-order valence-corrected chi connectivity index (χ0v) is 19.4. The Hall–Kier alpha value is -3.29. The summed E-state index contributed by atoms with van der Waals surface area (Å²) in [5.41, 5.74) is 1.71. The number of carbonyl (C=O) groups excluding carboxylic acids is 3. The van der Waals surface area contributed by atoms with Crippen molar-refractivity contribution >= 4 is 50.7 Å². The van der Waals surface area contributed by atoms with Crippen LogP contribution in [-0.4, -0.2) is 62.3 Å². The van der Waals surface area contributed by atoms with E-state index >= 15 is 0 Å². The fourth-order valence-electron chi connectivity index (χ4n) is 3.18. The Balaban J connectivity index is 1.28. The number of nitrogens with zero attached hydrogens (tertiary/aromatic N) is 5. The van der Waals surface area contributed by atoms with E-state index in [9.17, 15) is 14.4 Å². The molecule has 0 aromatic carbocycles. The zero-order chi connectivity index (χ0) is 23.2. The number of thiazole rings is 2. The van der Waals surface area contributed by atoms with Crippen molar-refractivity contribution in [2.75, 3.05) is 30.3 Å². The number of hydrogen-bond acceptors (Lipinski definition) is 11. The average molecular weight is 488 g/mol. The van der Waals surface area contributed by atoms with Gasteiger partial charge >= 0.3 is 5.97 Å². The topological polar surface area (TPSA) is 139 Å². The minimum absolute atomic E-state index is 0.0796. The van der Waals surface area contributed by atoms with Gasteiger partial charge in [-0.3, -0.25) is 29.6 Å². The molecule has 0 bridgehead atoms. The fraction of sp³-hybridized carbons (Fsp3) is 0.350. The number of fused-ring (bicyclic) bond motifs is 1.